The molecule has 0 amide bonds. The fourth-order valence-corrected chi connectivity index (χ4v) is 2.01. The normalized spacial score (nSPS) is 13.8. The van der Waals surface area contributed by atoms with Crippen molar-refractivity contribution in [2.24, 2.45) is 4.99 Å². The van der Waals surface area contributed by atoms with Crippen LogP contribution in [-0.2, 0) is 9.92 Å². The van der Waals surface area contributed by atoms with Gasteiger partial charge in [0.2, 0.25) is 12.0 Å². The average Bonchev–Trinajstić information content (AvgIpc) is 2.50. The van der Waals surface area contributed by atoms with Crippen molar-refractivity contribution in [1.82, 2.24) is 4.98 Å². The zero-order chi connectivity index (χ0) is 18.0. The first-order valence-electron chi connectivity index (χ1n) is 6.11. The van der Waals surface area contributed by atoms with Gasteiger partial charge in [0.1, 0.15) is 10.8 Å². The quantitative estimate of drug-likeness (QED) is 0.370. The van der Waals surface area contributed by atoms with Gasteiger partial charge in [0.15, 0.2) is 0 Å². The summed E-state index contributed by atoms with van der Waals surface area (Å²) in [4.78, 5) is 17.2. The Morgan fingerprint density at radius 3 is 2.29 bits per heavy atom. The molecule has 1 atom stereocenters. The molecule has 0 saturated heterocycles. The zero-order valence-corrected chi connectivity index (χ0v) is 13.7. The highest BCUT2D eigenvalue weighted by Gasteiger charge is 2.54. The summed E-state index contributed by atoms with van der Waals surface area (Å²) in [6.07, 6.45) is 2.11. The number of carbonyl (C=O) groups excluding carboxylic acids is 1. The van der Waals surface area contributed by atoms with Crippen molar-refractivity contribution in [1.29, 1.82) is 0 Å². The van der Waals surface area contributed by atoms with Gasteiger partial charge in [0.25, 0.3) is 5.13 Å². The van der Waals surface area contributed by atoms with Crippen molar-refractivity contribution in [3.63, 3.8) is 0 Å². The molecular formula is C14H6Cl3F3N2O2. The van der Waals surface area contributed by atoms with Crippen LogP contribution in [0.4, 0.5) is 18.9 Å². The molecule has 126 valence electrons. The molecule has 1 unspecified atom stereocenters. The molecule has 1 heterocycles. The smallest absolute Gasteiger partial charge is 0.373 e. The topological polar surface area (TPSA) is 51.5 Å². The van der Waals surface area contributed by atoms with Crippen molar-refractivity contribution >= 4 is 46.6 Å². The lowest BCUT2D eigenvalue weighted by atomic mass is 10.2. The van der Waals surface area contributed by atoms with Gasteiger partial charge in [-0.15, -0.1) is 0 Å². The van der Waals surface area contributed by atoms with E-state index in [-0.39, 0.29) is 16.7 Å². The molecule has 0 radical (unpaired) electrons. The van der Waals surface area contributed by atoms with Gasteiger partial charge in [0.05, 0.1) is 5.69 Å². The summed E-state index contributed by atoms with van der Waals surface area (Å²) in [5.41, 5.74) is -0.377. The molecule has 0 aliphatic rings. The highest BCUT2D eigenvalue weighted by Crippen LogP contribution is 2.48. The Kier molecular flexibility index (Phi) is 5.40. The standard InChI is InChI=1S/C14H6Cl3F3N2O2/c15-11-5-8(13(16,18)14(17,19)20)6-21-12(11)24-10-3-1-9(2-4-10)22-7-23/h1-6H. The number of aliphatic imine (C=N–C) groups is 1. The second-order valence-electron chi connectivity index (χ2n) is 4.38. The monoisotopic (exact) mass is 396 g/mol. The largest absolute Gasteiger partial charge is 0.438 e. The number of hydrogen-bond donors (Lipinski definition) is 0. The number of halogens is 6. The van der Waals surface area contributed by atoms with Gasteiger partial charge in [-0.1, -0.05) is 23.2 Å². The van der Waals surface area contributed by atoms with E-state index in [1.54, 1.807) is 0 Å². The predicted octanol–water partition coefficient (Wildman–Crippen LogP) is 5.69. The van der Waals surface area contributed by atoms with E-state index in [0.717, 1.165) is 12.3 Å². The van der Waals surface area contributed by atoms with Crippen LogP contribution < -0.4 is 4.74 Å². The van der Waals surface area contributed by atoms with Gasteiger partial charge < -0.3 is 4.74 Å². The summed E-state index contributed by atoms with van der Waals surface area (Å²) in [6, 6.07) is 6.66. The van der Waals surface area contributed by atoms with Crippen LogP contribution in [0.2, 0.25) is 5.02 Å². The summed E-state index contributed by atoms with van der Waals surface area (Å²) in [6.45, 7) is 0. The van der Waals surface area contributed by atoms with Crippen LogP contribution >= 0.6 is 34.8 Å². The van der Waals surface area contributed by atoms with E-state index in [0.29, 0.717) is 5.69 Å². The van der Waals surface area contributed by atoms with Gasteiger partial charge in [-0.3, -0.25) is 0 Å². The molecule has 2 aromatic rings. The molecule has 0 aliphatic carbocycles. The highest BCUT2D eigenvalue weighted by atomic mass is 35.5. The van der Waals surface area contributed by atoms with Gasteiger partial charge in [0, 0.05) is 11.8 Å². The second-order valence-corrected chi connectivity index (χ2v) is 5.78. The third-order valence-corrected chi connectivity index (χ3v) is 3.84. The van der Waals surface area contributed by atoms with Crippen molar-refractivity contribution in [2.75, 3.05) is 0 Å². The Balaban J connectivity index is 2.26. The molecule has 0 N–H and O–H groups in total. The van der Waals surface area contributed by atoms with Crippen molar-refractivity contribution in [3.05, 3.63) is 47.1 Å². The summed E-state index contributed by atoms with van der Waals surface area (Å²) >= 11 is 15.6. The highest BCUT2D eigenvalue weighted by molar-refractivity contribution is 6.33. The summed E-state index contributed by atoms with van der Waals surface area (Å²) in [7, 11) is 0. The van der Waals surface area contributed by atoms with Crippen molar-refractivity contribution in [3.8, 4) is 11.6 Å². The van der Waals surface area contributed by atoms with Crippen LogP contribution in [0.5, 0.6) is 11.6 Å². The van der Waals surface area contributed by atoms with Crippen molar-refractivity contribution < 1.29 is 22.7 Å². The first-order valence-corrected chi connectivity index (χ1v) is 7.25. The minimum atomic E-state index is -4.36. The van der Waals surface area contributed by atoms with Crippen LogP contribution in [0.25, 0.3) is 0 Å². The fourth-order valence-electron chi connectivity index (χ4n) is 1.59. The van der Waals surface area contributed by atoms with Gasteiger partial charge in [-0.25, -0.2) is 14.2 Å². The molecule has 2 rings (SSSR count). The molecule has 0 fully saturated rings. The predicted molar refractivity (Wildman–Crippen MR) is 83.0 cm³/mol. The molecule has 24 heavy (non-hydrogen) atoms. The van der Waals surface area contributed by atoms with E-state index in [2.05, 4.69) is 21.6 Å². The van der Waals surface area contributed by atoms with E-state index in [1.807, 2.05) is 0 Å². The molecule has 1 aromatic carbocycles. The number of rotatable bonds is 5. The lowest BCUT2D eigenvalue weighted by Crippen LogP contribution is -2.31. The average molecular weight is 398 g/mol. The van der Waals surface area contributed by atoms with Crippen LogP contribution in [0.15, 0.2) is 41.5 Å². The van der Waals surface area contributed by atoms with E-state index in [4.69, 9.17) is 27.9 Å². The Labute approximate surface area is 148 Å². The molecule has 0 bridgehead atoms. The molecule has 4 nitrogen and oxygen atoms in total. The molecule has 0 spiro atoms. The Hall–Kier alpha value is -1.79. The summed E-state index contributed by atoms with van der Waals surface area (Å²) < 4.78 is 45.2. The maximum Gasteiger partial charge on any atom is 0.373 e. The Bertz CT molecular complexity index is 789. The molecule has 0 saturated carbocycles. The number of hydrogen-bond acceptors (Lipinski definition) is 4. The van der Waals surface area contributed by atoms with Crippen LogP contribution in [0.1, 0.15) is 5.56 Å². The first-order chi connectivity index (χ1) is 11.1. The SMILES string of the molecule is O=C=Nc1ccc(Oc2ncc(C(F)(Cl)C(F)(F)Cl)cc2Cl)cc1. The maximum absolute atomic E-state index is 13.9. The minimum Gasteiger partial charge on any atom is -0.438 e. The second kappa shape index (κ2) is 6.99. The maximum atomic E-state index is 13.9. The zero-order valence-electron chi connectivity index (χ0n) is 11.4. The number of pyridine rings is 1. The van der Waals surface area contributed by atoms with Crippen LogP contribution in [0, 0.1) is 0 Å². The number of aromatic nitrogens is 1. The first kappa shape index (κ1) is 18.5. The lowest BCUT2D eigenvalue weighted by Gasteiger charge is -2.23. The number of benzene rings is 1. The molecule has 10 heteroatoms. The van der Waals surface area contributed by atoms with E-state index >= 15 is 0 Å². The van der Waals surface area contributed by atoms with E-state index < -0.39 is 16.1 Å². The van der Waals surface area contributed by atoms with Crippen molar-refractivity contribution in [2.45, 2.75) is 10.5 Å². The van der Waals surface area contributed by atoms with Gasteiger partial charge >= 0.3 is 5.38 Å². The Morgan fingerprint density at radius 1 is 1.17 bits per heavy atom. The minimum absolute atomic E-state index is 0.169. The summed E-state index contributed by atoms with van der Waals surface area (Å²) in [5, 5.41) is -8.30. The molecule has 0 aliphatic heterocycles. The van der Waals surface area contributed by atoms with Crippen LogP contribution in [0.3, 0.4) is 0 Å². The Morgan fingerprint density at radius 2 is 1.79 bits per heavy atom. The third-order valence-electron chi connectivity index (χ3n) is 2.75. The number of isocyanates is 1. The molecular weight excluding hydrogens is 392 g/mol. The fraction of sp³-hybridized carbons (Fsp3) is 0.143. The van der Waals surface area contributed by atoms with E-state index in [9.17, 15) is 18.0 Å². The number of ether oxygens (including phenoxy) is 1. The third kappa shape index (κ3) is 3.99. The number of nitrogens with zero attached hydrogens (tertiary/aromatic N) is 2. The van der Waals surface area contributed by atoms with Gasteiger partial charge in [-0.05, 0) is 41.9 Å². The lowest BCUT2D eigenvalue weighted by molar-refractivity contribution is -0.0227. The van der Waals surface area contributed by atoms with Crippen LogP contribution in [-0.4, -0.2) is 16.4 Å². The summed E-state index contributed by atoms with van der Waals surface area (Å²) in [5.74, 6) is 0.0967. The number of alkyl halides is 5. The van der Waals surface area contributed by atoms with E-state index in [1.165, 1.54) is 30.3 Å². The molecule has 1 aromatic heterocycles. The van der Waals surface area contributed by atoms with Gasteiger partial charge in [-0.2, -0.15) is 13.8 Å².